The zero-order valence-corrected chi connectivity index (χ0v) is 6.11. The number of hydrogen-bond donors (Lipinski definition) is 0. The summed E-state index contributed by atoms with van der Waals surface area (Å²) in [6, 6.07) is 0. The van der Waals surface area contributed by atoms with Gasteiger partial charge < -0.3 is 11.3 Å². The Labute approximate surface area is 59.3 Å². The molecule has 0 aromatic heterocycles. The van der Waals surface area contributed by atoms with Crippen molar-refractivity contribution in [2.24, 2.45) is 0 Å². The Morgan fingerprint density at radius 1 is 1.57 bits per heavy atom. The van der Waals surface area contributed by atoms with Gasteiger partial charge >= 0.3 is 22.4 Å². The third-order valence-electron chi connectivity index (χ3n) is 0.906. The molecule has 1 aliphatic rings. The second-order valence-electron chi connectivity index (χ2n) is 1.48. The minimum Gasteiger partial charge on any atom is -0.611 e. The first-order chi connectivity index (χ1) is 2.89. The number of allylic oxidation sites excluding steroid dienone is 1. The van der Waals surface area contributed by atoms with Gasteiger partial charge in [-0.05, 0) is 0 Å². The van der Waals surface area contributed by atoms with Gasteiger partial charge in [0.15, 0.2) is 6.61 Å². The van der Waals surface area contributed by atoms with E-state index in [9.17, 15) is 0 Å². The fraction of sp³-hybridized carbons (Fsp3) is 0.600. The summed E-state index contributed by atoms with van der Waals surface area (Å²) in [5.41, 5.74) is 0. The van der Waals surface area contributed by atoms with Crippen LogP contribution in [-0.4, -0.2) is 11.3 Å². The monoisotopic (exact) mass is 281 g/mol. The molecule has 1 saturated heterocycles. The number of hydrogen-bond acceptors (Lipinski definition) is 0. The first kappa shape index (κ1) is 7.28. The Kier molecular flexibility index (Phi) is 3.44. The van der Waals surface area contributed by atoms with E-state index in [1.165, 1.54) is 0 Å². The fourth-order valence-corrected chi connectivity index (χ4v) is 0.562. The van der Waals surface area contributed by atoms with Crippen molar-refractivity contribution >= 4 is 0 Å². The van der Waals surface area contributed by atoms with Crippen LogP contribution >= 0.6 is 0 Å². The fourth-order valence-electron chi connectivity index (χ4n) is 0.562. The summed E-state index contributed by atoms with van der Waals surface area (Å²) < 4.78 is 3.93. The Hall–Kier alpha value is 0.280. The number of rotatable bonds is 0. The van der Waals surface area contributed by atoms with Gasteiger partial charge in [0.1, 0.15) is 0 Å². The van der Waals surface area contributed by atoms with Crippen LogP contribution in [0.2, 0.25) is 0 Å². The normalized spacial score (nSPS) is 18.0. The minimum absolute atomic E-state index is 0. The maximum Gasteiger partial charge on any atom is 1.00 e. The standard InChI is InChI=1S/C5H7O.Au/c1-5-3-2-4-6-5;/h1H,2-4H2;/q-1;+1/p+1. The molecule has 0 saturated carbocycles. The van der Waals surface area contributed by atoms with Crippen LogP contribution in [0, 0.1) is 6.58 Å². The summed E-state index contributed by atoms with van der Waals surface area (Å²) in [7, 11) is 0. The molecule has 0 bridgehead atoms. The molecule has 7 heavy (non-hydrogen) atoms. The second-order valence-corrected chi connectivity index (χ2v) is 1.48. The van der Waals surface area contributed by atoms with Gasteiger partial charge in [-0.15, -0.1) is 0 Å². The average Bonchev–Trinajstić information content (AvgIpc) is 1.86. The van der Waals surface area contributed by atoms with E-state index in [2.05, 4.69) is 4.74 Å². The molecule has 0 atom stereocenters. The predicted octanol–water partition coefficient (Wildman–Crippen LogP) is 0.623. The molecule has 1 N–H and O–H groups in total. The summed E-state index contributed by atoms with van der Waals surface area (Å²) in [5, 5.41) is 0. The van der Waals surface area contributed by atoms with Gasteiger partial charge in [-0.25, -0.2) is 0 Å². The van der Waals surface area contributed by atoms with Crippen LogP contribution in [0.5, 0.6) is 0 Å². The molecule has 1 fully saturated rings. The van der Waals surface area contributed by atoms with Gasteiger partial charge in [0, 0.05) is 18.6 Å². The third kappa shape index (κ3) is 2.17. The van der Waals surface area contributed by atoms with Crippen molar-refractivity contribution in [3.8, 4) is 0 Å². The Balaban J connectivity index is 0.000000360. The van der Waals surface area contributed by atoms with Crippen molar-refractivity contribution in [3.05, 3.63) is 12.3 Å². The molecule has 1 rings (SSSR count). The van der Waals surface area contributed by atoms with Crippen LogP contribution in [0.1, 0.15) is 12.8 Å². The van der Waals surface area contributed by atoms with Gasteiger partial charge in [-0.1, -0.05) is 0 Å². The first-order valence-corrected chi connectivity index (χ1v) is 2.18. The van der Waals surface area contributed by atoms with E-state index < -0.39 is 0 Å². The maximum absolute atomic E-state index is 5.28. The van der Waals surface area contributed by atoms with Crippen LogP contribution in [-0.2, 0) is 22.4 Å². The molecule has 0 aliphatic carbocycles. The third-order valence-corrected chi connectivity index (χ3v) is 0.906. The Morgan fingerprint density at radius 2 is 2.29 bits per heavy atom. The zero-order chi connectivity index (χ0) is 4.41. The summed E-state index contributed by atoms with van der Waals surface area (Å²) >= 11 is 0. The van der Waals surface area contributed by atoms with E-state index in [1.54, 1.807) is 0 Å². The SMILES string of the molecule is [Au+].[CH-]=C1CCC[OH+]1. The predicted molar refractivity (Wildman–Crippen MR) is 24.1 cm³/mol. The smallest absolute Gasteiger partial charge is 0.611 e. The van der Waals surface area contributed by atoms with E-state index in [-0.39, 0.29) is 22.4 Å². The molecular formula is C5H8AuO+. The Bertz CT molecular complexity index is 62.5. The molecule has 2 heteroatoms. The zero-order valence-electron chi connectivity index (χ0n) is 3.95. The first-order valence-electron chi connectivity index (χ1n) is 2.18. The maximum atomic E-state index is 5.28. The van der Waals surface area contributed by atoms with Crippen molar-refractivity contribution in [1.29, 1.82) is 0 Å². The summed E-state index contributed by atoms with van der Waals surface area (Å²) in [5.74, 6) is 0.829. The van der Waals surface area contributed by atoms with E-state index in [1.807, 2.05) is 0 Å². The average molecular weight is 281 g/mol. The van der Waals surface area contributed by atoms with Gasteiger partial charge in [-0.2, -0.15) is 0 Å². The van der Waals surface area contributed by atoms with Crippen LogP contribution < -0.4 is 0 Å². The molecule has 0 radical (unpaired) electrons. The summed E-state index contributed by atoms with van der Waals surface area (Å²) in [6.45, 7) is 6.23. The van der Waals surface area contributed by atoms with Crippen molar-refractivity contribution in [2.45, 2.75) is 12.8 Å². The number of ether oxygens (including phenoxy) is 1. The van der Waals surface area contributed by atoms with E-state index >= 15 is 0 Å². The van der Waals surface area contributed by atoms with Crippen molar-refractivity contribution in [3.63, 3.8) is 0 Å². The van der Waals surface area contributed by atoms with Crippen LogP contribution in [0.25, 0.3) is 0 Å². The van der Waals surface area contributed by atoms with Gasteiger partial charge in [0.05, 0.1) is 0 Å². The molecule has 0 aromatic rings. The number of aliphatic hydroxyl groups is 2. The molecule has 1 aliphatic heterocycles. The van der Waals surface area contributed by atoms with Crippen molar-refractivity contribution in [2.75, 3.05) is 6.61 Å². The van der Waals surface area contributed by atoms with Crippen LogP contribution in [0.15, 0.2) is 5.76 Å². The van der Waals surface area contributed by atoms with Crippen molar-refractivity contribution in [1.82, 2.24) is 0 Å². The molecule has 0 amide bonds. The minimum atomic E-state index is 0. The Morgan fingerprint density at radius 3 is 2.43 bits per heavy atom. The molecule has 0 aromatic carbocycles. The molecule has 0 spiro atoms. The quantitative estimate of drug-likeness (QED) is 0.351. The molecular weight excluding hydrogens is 273 g/mol. The van der Waals surface area contributed by atoms with Gasteiger partial charge in [0.2, 0.25) is 0 Å². The summed E-state index contributed by atoms with van der Waals surface area (Å²) in [6.07, 6.45) is 2.17. The van der Waals surface area contributed by atoms with E-state index in [0.29, 0.717) is 0 Å². The van der Waals surface area contributed by atoms with E-state index in [4.69, 9.17) is 6.58 Å². The topological polar surface area (TPSA) is 12.8 Å². The van der Waals surface area contributed by atoms with Gasteiger partial charge in [0.25, 0.3) is 0 Å². The summed E-state index contributed by atoms with van der Waals surface area (Å²) in [4.78, 5) is 0. The van der Waals surface area contributed by atoms with Crippen LogP contribution in [0.4, 0.5) is 0 Å². The van der Waals surface area contributed by atoms with Crippen LogP contribution in [0.3, 0.4) is 0 Å². The molecule has 44 valence electrons. The molecule has 1 heterocycles. The van der Waals surface area contributed by atoms with E-state index in [0.717, 1.165) is 25.2 Å². The largest absolute Gasteiger partial charge is 1.00 e. The van der Waals surface area contributed by atoms with Crippen molar-refractivity contribution < 1.29 is 27.1 Å². The molecule has 1 nitrogen and oxygen atoms in total. The second kappa shape index (κ2) is 3.30. The molecule has 0 unspecified atom stereocenters. The van der Waals surface area contributed by atoms with Gasteiger partial charge in [-0.3, -0.25) is 0 Å².